The van der Waals surface area contributed by atoms with Crippen LogP contribution < -0.4 is 15.4 Å². The van der Waals surface area contributed by atoms with Crippen molar-refractivity contribution in [2.75, 3.05) is 20.7 Å². The Morgan fingerprint density at radius 2 is 1.93 bits per heavy atom. The van der Waals surface area contributed by atoms with Gasteiger partial charge in [-0.1, -0.05) is 5.16 Å². The zero-order valence-corrected chi connectivity index (χ0v) is 16.4. The van der Waals surface area contributed by atoms with Gasteiger partial charge in [-0.2, -0.15) is 0 Å². The molecule has 2 aromatic heterocycles. The molecule has 2 heterocycles. The van der Waals surface area contributed by atoms with Gasteiger partial charge < -0.3 is 19.9 Å². The molecular weight excluding hydrogens is 374 g/mol. The maximum atomic E-state index is 12.3. The van der Waals surface area contributed by atoms with Crippen LogP contribution in [0.1, 0.15) is 32.4 Å². The van der Waals surface area contributed by atoms with Gasteiger partial charge in [0.1, 0.15) is 17.3 Å². The Bertz CT molecular complexity index is 1010. The zero-order valence-electron chi connectivity index (χ0n) is 16.4. The molecule has 29 heavy (non-hydrogen) atoms. The number of nitrogens with one attached hydrogen (secondary N) is 2. The topological polar surface area (TPSA) is 119 Å². The minimum absolute atomic E-state index is 0.0983. The molecule has 150 valence electrons. The first-order chi connectivity index (χ1) is 14.0. The van der Waals surface area contributed by atoms with Crippen molar-refractivity contribution in [1.29, 1.82) is 0 Å². The number of aryl methyl sites for hydroxylation is 1. The molecule has 0 spiro atoms. The minimum atomic E-state index is -0.399. The molecule has 0 fully saturated rings. The van der Waals surface area contributed by atoms with E-state index < -0.39 is 5.91 Å². The van der Waals surface area contributed by atoms with E-state index in [0.717, 1.165) is 11.3 Å². The van der Waals surface area contributed by atoms with Crippen LogP contribution in [0.2, 0.25) is 0 Å². The summed E-state index contributed by atoms with van der Waals surface area (Å²) in [7, 11) is 3.13. The van der Waals surface area contributed by atoms with E-state index in [4.69, 9.17) is 9.26 Å². The first-order valence-electron chi connectivity index (χ1n) is 8.95. The summed E-state index contributed by atoms with van der Waals surface area (Å²) in [5.41, 5.74) is 2.30. The predicted octanol–water partition coefficient (Wildman–Crippen LogP) is 1.78. The first kappa shape index (κ1) is 20.0. The lowest BCUT2D eigenvalue weighted by Gasteiger charge is -2.08. The van der Waals surface area contributed by atoms with Crippen molar-refractivity contribution in [3.8, 4) is 17.0 Å². The van der Waals surface area contributed by atoms with Gasteiger partial charge >= 0.3 is 0 Å². The van der Waals surface area contributed by atoms with Crippen molar-refractivity contribution in [3.63, 3.8) is 0 Å². The number of ether oxygens (including phenoxy) is 1. The standard InChI is InChI=1S/C20H21N5O4/c1-12-23-11-15(19(26)21-2)16(24-12)8-9-22-20(27)18-10-17(25-29-18)13-4-6-14(28-3)7-5-13/h4-7,10-11H,8-9H2,1-3H3,(H,21,26)(H,22,27). The predicted molar refractivity (Wildman–Crippen MR) is 105 cm³/mol. The van der Waals surface area contributed by atoms with Crippen LogP contribution in [0.3, 0.4) is 0 Å². The molecule has 3 aromatic rings. The Morgan fingerprint density at radius 3 is 2.62 bits per heavy atom. The van der Waals surface area contributed by atoms with Crippen LogP contribution >= 0.6 is 0 Å². The Morgan fingerprint density at radius 1 is 1.17 bits per heavy atom. The van der Waals surface area contributed by atoms with Gasteiger partial charge in [-0.3, -0.25) is 9.59 Å². The fourth-order valence-electron chi connectivity index (χ4n) is 2.69. The lowest BCUT2D eigenvalue weighted by atomic mass is 10.1. The summed E-state index contributed by atoms with van der Waals surface area (Å²) in [5.74, 6) is 0.709. The molecule has 0 aliphatic rings. The lowest BCUT2D eigenvalue weighted by molar-refractivity contribution is 0.0917. The van der Waals surface area contributed by atoms with Gasteiger partial charge in [0, 0.05) is 37.8 Å². The average molecular weight is 395 g/mol. The number of benzene rings is 1. The summed E-state index contributed by atoms with van der Waals surface area (Å²) in [6.45, 7) is 2.02. The third kappa shape index (κ3) is 4.75. The average Bonchev–Trinajstić information content (AvgIpc) is 3.24. The van der Waals surface area contributed by atoms with E-state index in [0.29, 0.717) is 29.2 Å². The molecule has 0 atom stereocenters. The van der Waals surface area contributed by atoms with Crippen molar-refractivity contribution in [1.82, 2.24) is 25.8 Å². The molecular formula is C20H21N5O4. The molecule has 0 saturated heterocycles. The fourth-order valence-corrected chi connectivity index (χ4v) is 2.69. The maximum Gasteiger partial charge on any atom is 0.289 e. The van der Waals surface area contributed by atoms with Crippen LogP contribution in [0.15, 0.2) is 41.1 Å². The number of nitrogens with zero attached hydrogens (tertiary/aromatic N) is 3. The molecule has 0 aliphatic carbocycles. The van der Waals surface area contributed by atoms with Crippen molar-refractivity contribution >= 4 is 11.8 Å². The Labute approximate surface area is 167 Å². The van der Waals surface area contributed by atoms with Crippen molar-refractivity contribution in [2.45, 2.75) is 13.3 Å². The second kappa shape index (κ2) is 8.96. The third-order valence-corrected chi connectivity index (χ3v) is 4.23. The van der Waals surface area contributed by atoms with Crippen LogP contribution in [-0.4, -0.2) is 47.6 Å². The van der Waals surface area contributed by atoms with E-state index in [-0.39, 0.29) is 18.2 Å². The quantitative estimate of drug-likeness (QED) is 0.626. The molecule has 0 bridgehead atoms. The first-order valence-corrected chi connectivity index (χ1v) is 8.95. The Hall–Kier alpha value is -3.75. The van der Waals surface area contributed by atoms with Crippen molar-refractivity contribution in [3.05, 3.63) is 59.4 Å². The second-order valence-electron chi connectivity index (χ2n) is 6.17. The summed E-state index contributed by atoms with van der Waals surface area (Å²) in [5, 5.41) is 9.24. The molecule has 9 nitrogen and oxygen atoms in total. The van der Waals surface area contributed by atoms with Crippen LogP contribution in [0, 0.1) is 6.92 Å². The van der Waals surface area contributed by atoms with Gasteiger partial charge in [-0.25, -0.2) is 9.97 Å². The molecule has 9 heteroatoms. The third-order valence-electron chi connectivity index (χ3n) is 4.23. The van der Waals surface area contributed by atoms with E-state index >= 15 is 0 Å². The fraction of sp³-hybridized carbons (Fsp3) is 0.250. The Kier molecular flexibility index (Phi) is 6.18. The Balaban J connectivity index is 1.63. The summed E-state index contributed by atoms with van der Waals surface area (Å²) < 4.78 is 10.3. The van der Waals surface area contributed by atoms with Gasteiger partial charge in [-0.05, 0) is 31.2 Å². The number of carbonyl (C=O) groups is 2. The molecule has 0 unspecified atom stereocenters. The van der Waals surface area contributed by atoms with Crippen molar-refractivity contribution < 1.29 is 18.8 Å². The largest absolute Gasteiger partial charge is 0.497 e. The molecule has 2 amide bonds. The van der Waals surface area contributed by atoms with Crippen LogP contribution in [0.4, 0.5) is 0 Å². The van der Waals surface area contributed by atoms with E-state index in [9.17, 15) is 9.59 Å². The number of amides is 2. The molecule has 0 aliphatic heterocycles. The monoisotopic (exact) mass is 395 g/mol. The van der Waals surface area contributed by atoms with Gasteiger partial charge in [0.15, 0.2) is 0 Å². The zero-order chi connectivity index (χ0) is 20.8. The lowest BCUT2D eigenvalue weighted by Crippen LogP contribution is -2.27. The highest BCUT2D eigenvalue weighted by Crippen LogP contribution is 2.22. The maximum absolute atomic E-state index is 12.3. The number of hydrogen-bond donors (Lipinski definition) is 2. The number of rotatable bonds is 7. The smallest absolute Gasteiger partial charge is 0.289 e. The number of methoxy groups -OCH3 is 1. The van der Waals surface area contributed by atoms with Gasteiger partial charge in [0.05, 0.1) is 18.4 Å². The number of aromatic nitrogens is 3. The van der Waals surface area contributed by atoms with Gasteiger partial charge in [-0.15, -0.1) is 0 Å². The molecule has 1 aromatic carbocycles. The van der Waals surface area contributed by atoms with Gasteiger partial charge in [0.25, 0.3) is 11.8 Å². The number of hydrogen-bond acceptors (Lipinski definition) is 7. The summed E-state index contributed by atoms with van der Waals surface area (Å²) in [4.78, 5) is 32.6. The van der Waals surface area contributed by atoms with E-state index in [1.54, 1.807) is 32.2 Å². The minimum Gasteiger partial charge on any atom is -0.497 e. The highest BCUT2D eigenvalue weighted by molar-refractivity contribution is 5.95. The summed E-state index contributed by atoms with van der Waals surface area (Å²) in [6, 6.07) is 8.84. The van der Waals surface area contributed by atoms with Crippen LogP contribution in [0.5, 0.6) is 5.75 Å². The van der Waals surface area contributed by atoms with Crippen LogP contribution in [0.25, 0.3) is 11.3 Å². The molecule has 0 radical (unpaired) electrons. The molecule has 0 saturated carbocycles. The highest BCUT2D eigenvalue weighted by Gasteiger charge is 2.16. The summed E-state index contributed by atoms with van der Waals surface area (Å²) in [6.07, 6.45) is 1.85. The number of carbonyl (C=O) groups excluding carboxylic acids is 2. The van der Waals surface area contributed by atoms with Crippen LogP contribution in [-0.2, 0) is 6.42 Å². The van der Waals surface area contributed by atoms with E-state index in [2.05, 4.69) is 25.8 Å². The highest BCUT2D eigenvalue weighted by atomic mass is 16.5. The van der Waals surface area contributed by atoms with E-state index in [1.807, 2.05) is 12.1 Å². The summed E-state index contributed by atoms with van der Waals surface area (Å²) >= 11 is 0. The molecule has 2 N–H and O–H groups in total. The SMILES string of the molecule is CNC(=O)c1cnc(C)nc1CCNC(=O)c1cc(-c2ccc(OC)cc2)no1. The normalized spacial score (nSPS) is 10.4. The van der Waals surface area contributed by atoms with Crippen molar-refractivity contribution in [2.24, 2.45) is 0 Å². The molecule has 3 rings (SSSR count). The van der Waals surface area contributed by atoms with E-state index in [1.165, 1.54) is 13.2 Å². The van der Waals surface area contributed by atoms with Gasteiger partial charge in [0.2, 0.25) is 5.76 Å². The second-order valence-corrected chi connectivity index (χ2v) is 6.17.